The lowest BCUT2D eigenvalue weighted by Gasteiger charge is -2.21. The van der Waals surface area contributed by atoms with Crippen LogP contribution in [0.3, 0.4) is 0 Å². The first-order valence-corrected chi connectivity index (χ1v) is 8.73. The number of carbonyl (C=O) groups is 2. The van der Waals surface area contributed by atoms with Crippen molar-refractivity contribution in [2.45, 2.75) is 39.0 Å². The Morgan fingerprint density at radius 2 is 2.08 bits per heavy atom. The number of esters is 1. The number of nitrogens with zero attached hydrogens (tertiary/aromatic N) is 1. The first kappa shape index (κ1) is 19.2. The molecule has 0 saturated carbocycles. The van der Waals surface area contributed by atoms with E-state index in [4.69, 9.17) is 9.57 Å². The molecule has 5 heteroatoms. The molecule has 1 aromatic carbocycles. The van der Waals surface area contributed by atoms with E-state index in [1.165, 1.54) is 12.2 Å². The van der Waals surface area contributed by atoms with Gasteiger partial charge in [0.2, 0.25) is 5.91 Å². The summed E-state index contributed by atoms with van der Waals surface area (Å²) in [7, 11) is 3.10. The highest BCUT2D eigenvalue weighted by Gasteiger charge is 2.21. The second-order valence-corrected chi connectivity index (χ2v) is 6.48. The number of hydrogen-bond acceptors (Lipinski definition) is 4. The van der Waals surface area contributed by atoms with Gasteiger partial charge in [-0.3, -0.25) is 9.63 Å². The monoisotopic (exact) mass is 345 g/mol. The first-order chi connectivity index (χ1) is 12.0. The van der Waals surface area contributed by atoms with Crippen molar-refractivity contribution < 1.29 is 19.2 Å². The lowest BCUT2D eigenvalue weighted by molar-refractivity contribution is -0.169. The maximum absolute atomic E-state index is 12.4. The highest BCUT2D eigenvalue weighted by Crippen LogP contribution is 2.24. The van der Waals surface area contributed by atoms with E-state index in [0.717, 1.165) is 24.0 Å². The predicted octanol–water partition coefficient (Wildman–Crippen LogP) is 3.46. The zero-order valence-corrected chi connectivity index (χ0v) is 15.3. The molecule has 1 aliphatic heterocycles. The van der Waals surface area contributed by atoms with Crippen molar-refractivity contribution in [3.63, 3.8) is 0 Å². The van der Waals surface area contributed by atoms with E-state index in [-0.39, 0.29) is 17.8 Å². The molecule has 0 fully saturated rings. The number of allylic oxidation sites excluding steroid dienone is 1. The fraction of sp³-hybridized carbons (Fsp3) is 0.500. The largest absolute Gasteiger partial charge is 0.462 e. The normalized spacial score (nSPS) is 19.8. The second-order valence-electron chi connectivity index (χ2n) is 6.48. The first-order valence-electron chi connectivity index (χ1n) is 8.73. The molecule has 1 heterocycles. The Labute approximate surface area is 149 Å². The molecule has 0 N–H and O–H groups in total. The van der Waals surface area contributed by atoms with Crippen LogP contribution in [0.2, 0.25) is 0 Å². The van der Waals surface area contributed by atoms with Gasteiger partial charge in [-0.1, -0.05) is 29.8 Å². The fourth-order valence-electron chi connectivity index (χ4n) is 3.02. The van der Waals surface area contributed by atoms with Crippen LogP contribution in [-0.2, 0) is 20.8 Å². The van der Waals surface area contributed by atoms with Crippen molar-refractivity contribution in [3.8, 4) is 0 Å². The molecule has 5 nitrogen and oxygen atoms in total. The summed E-state index contributed by atoms with van der Waals surface area (Å²) >= 11 is 0. The number of carbonyl (C=O) groups excluding carboxylic acids is 2. The van der Waals surface area contributed by atoms with Crippen LogP contribution in [0.4, 0.5) is 0 Å². The summed E-state index contributed by atoms with van der Waals surface area (Å²) in [4.78, 5) is 29.6. The van der Waals surface area contributed by atoms with Crippen LogP contribution in [0.1, 0.15) is 47.2 Å². The Kier molecular flexibility index (Phi) is 7.19. The van der Waals surface area contributed by atoms with E-state index in [9.17, 15) is 9.59 Å². The summed E-state index contributed by atoms with van der Waals surface area (Å²) in [5.74, 6) is -0.203. The Balaban J connectivity index is 2.26. The van der Waals surface area contributed by atoms with Crippen molar-refractivity contribution >= 4 is 11.9 Å². The second kappa shape index (κ2) is 9.37. The fourth-order valence-corrected chi connectivity index (χ4v) is 3.02. The van der Waals surface area contributed by atoms with Gasteiger partial charge in [0.05, 0.1) is 19.3 Å². The average Bonchev–Trinajstić information content (AvgIpc) is 2.58. The van der Waals surface area contributed by atoms with Crippen LogP contribution in [0, 0.1) is 12.8 Å². The highest BCUT2D eigenvalue weighted by atomic mass is 16.7. The molecule has 2 rings (SSSR count). The Morgan fingerprint density at radius 1 is 1.32 bits per heavy atom. The quantitative estimate of drug-likeness (QED) is 0.478. The maximum atomic E-state index is 12.4. The summed E-state index contributed by atoms with van der Waals surface area (Å²) in [6.07, 6.45) is 7.70. The van der Waals surface area contributed by atoms with Crippen molar-refractivity contribution in [1.82, 2.24) is 5.06 Å². The van der Waals surface area contributed by atoms with Gasteiger partial charge in [0.15, 0.2) is 0 Å². The highest BCUT2D eigenvalue weighted by molar-refractivity contribution is 5.91. The zero-order chi connectivity index (χ0) is 18.2. The number of hydroxylamine groups is 2. The van der Waals surface area contributed by atoms with Crippen molar-refractivity contribution in [3.05, 3.63) is 47.0 Å². The standard InChI is InChI=1S/C20H27NO4/c1-15-9-10-18-17(12-15)13-16(14-19(22)21(2)24-3)8-6-4-5-7-11-25-20(18)23/h4-5,9-10,12,16H,6-8,11,13-14H2,1-3H3/b5-4+. The number of cyclic esters (lactones) is 1. The van der Waals surface area contributed by atoms with Gasteiger partial charge in [-0.2, -0.15) is 0 Å². The Morgan fingerprint density at radius 3 is 2.84 bits per heavy atom. The topological polar surface area (TPSA) is 55.8 Å². The zero-order valence-electron chi connectivity index (χ0n) is 15.3. The predicted molar refractivity (Wildman–Crippen MR) is 96.0 cm³/mol. The van der Waals surface area contributed by atoms with Crippen molar-refractivity contribution in [2.75, 3.05) is 20.8 Å². The van der Waals surface area contributed by atoms with Crippen LogP contribution >= 0.6 is 0 Å². The molecule has 1 aliphatic rings. The van der Waals surface area contributed by atoms with Crippen LogP contribution in [0.5, 0.6) is 0 Å². The lowest BCUT2D eigenvalue weighted by atomic mass is 9.88. The van der Waals surface area contributed by atoms with E-state index >= 15 is 0 Å². The molecule has 1 amide bonds. The number of aryl methyl sites for hydroxylation is 1. The van der Waals surface area contributed by atoms with E-state index in [0.29, 0.717) is 31.4 Å². The van der Waals surface area contributed by atoms with Gasteiger partial charge < -0.3 is 4.74 Å². The van der Waals surface area contributed by atoms with Gasteiger partial charge in [0.25, 0.3) is 0 Å². The van der Waals surface area contributed by atoms with E-state index in [1.807, 2.05) is 31.2 Å². The number of ether oxygens (including phenoxy) is 1. The molecule has 1 atom stereocenters. The minimum absolute atomic E-state index is 0.0552. The van der Waals surface area contributed by atoms with Crippen molar-refractivity contribution in [1.29, 1.82) is 0 Å². The summed E-state index contributed by atoms with van der Waals surface area (Å²) in [5.41, 5.74) is 2.65. The molecule has 0 bridgehead atoms. The molecule has 0 aliphatic carbocycles. The molecule has 1 unspecified atom stereocenters. The molecule has 0 aromatic heterocycles. The van der Waals surface area contributed by atoms with E-state index in [1.54, 1.807) is 7.05 Å². The number of hydrogen-bond donors (Lipinski definition) is 0. The molecule has 0 radical (unpaired) electrons. The third kappa shape index (κ3) is 5.71. The third-order valence-electron chi connectivity index (χ3n) is 4.50. The molecule has 0 spiro atoms. The minimum atomic E-state index is -0.289. The number of amides is 1. The molecular weight excluding hydrogens is 318 g/mol. The number of benzene rings is 1. The molecular formula is C20H27NO4. The average molecular weight is 345 g/mol. The molecule has 25 heavy (non-hydrogen) atoms. The number of rotatable bonds is 3. The van der Waals surface area contributed by atoms with Gasteiger partial charge in [-0.15, -0.1) is 0 Å². The van der Waals surface area contributed by atoms with Gasteiger partial charge in [0.1, 0.15) is 0 Å². The third-order valence-corrected chi connectivity index (χ3v) is 4.50. The van der Waals surface area contributed by atoms with E-state index < -0.39 is 0 Å². The van der Waals surface area contributed by atoms with Crippen LogP contribution < -0.4 is 0 Å². The summed E-state index contributed by atoms with van der Waals surface area (Å²) in [6, 6.07) is 5.77. The molecule has 0 saturated heterocycles. The SMILES string of the molecule is CON(C)C(=O)CC1CC/C=C/CCOC(=O)c2ccc(C)cc2C1. The Bertz CT molecular complexity index is 639. The maximum Gasteiger partial charge on any atom is 0.338 e. The molecule has 136 valence electrons. The van der Waals surface area contributed by atoms with Crippen LogP contribution in [-0.4, -0.2) is 37.7 Å². The van der Waals surface area contributed by atoms with E-state index in [2.05, 4.69) is 6.08 Å². The van der Waals surface area contributed by atoms with Crippen molar-refractivity contribution in [2.24, 2.45) is 5.92 Å². The van der Waals surface area contributed by atoms with Crippen LogP contribution in [0.25, 0.3) is 0 Å². The van der Waals surface area contributed by atoms with Gasteiger partial charge in [-0.25, -0.2) is 9.86 Å². The van der Waals surface area contributed by atoms with Gasteiger partial charge >= 0.3 is 5.97 Å². The van der Waals surface area contributed by atoms with Gasteiger partial charge in [0, 0.05) is 13.5 Å². The lowest BCUT2D eigenvalue weighted by Crippen LogP contribution is -2.28. The van der Waals surface area contributed by atoms with Crippen LogP contribution in [0.15, 0.2) is 30.4 Å². The number of fused-ring (bicyclic) bond motifs is 1. The minimum Gasteiger partial charge on any atom is -0.462 e. The summed E-state index contributed by atoms with van der Waals surface area (Å²) in [5, 5.41) is 1.26. The smallest absolute Gasteiger partial charge is 0.338 e. The summed E-state index contributed by atoms with van der Waals surface area (Å²) < 4.78 is 5.37. The molecule has 1 aromatic rings. The van der Waals surface area contributed by atoms with Gasteiger partial charge in [-0.05, 0) is 50.2 Å². The summed E-state index contributed by atoms with van der Waals surface area (Å²) in [6.45, 7) is 2.40. The Hall–Kier alpha value is -2.14.